The summed E-state index contributed by atoms with van der Waals surface area (Å²) in [6, 6.07) is 0. The summed E-state index contributed by atoms with van der Waals surface area (Å²) >= 11 is 0. The van der Waals surface area contributed by atoms with Crippen molar-refractivity contribution < 1.29 is 19.8 Å². The van der Waals surface area contributed by atoms with E-state index in [1.807, 2.05) is 13.0 Å². The molecule has 0 saturated heterocycles. The second-order valence-corrected chi connectivity index (χ2v) is 3.42. The molecule has 2 N–H and O–H groups in total. The largest absolute Gasteiger partial charge is 0.481 e. The van der Waals surface area contributed by atoms with Gasteiger partial charge in [0.15, 0.2) is 0 Å². The molecule has 0 radical (unpaired) electrons. The Morgan fingerprint density at radius 3 is 2.27 bits per heavy atom. The molecule has 0 aliphatic heterocycles. The third kappa shape index (κ3) is 7.73. The van der Waals surface area contributed by atoms with Gasteiger partial charge in [0.1, 0.15) is 0 Å². The van der Waals surface area contributed by atoms with Crippen molar-refractivity contribution in [2.75, 3.05) is 0 Å². The fraction of sp³-hybridized carbons (Fsp3) is 0.636. The van der Waals surface area contributed by atoms with Gasteiger partial charge in [0.2, 0.25) is 0 Å². The van der Waals surface area contributed by atoms with Gasteiger partial charge in [-0.2, -0.15) is 0 Å². The molecule has 0 fully saturated rings. The van der Waals surface area contributed by atoms with Crippen molar-refractivity contribution in [3.63, 3.8) is 0 Å². The molecule has 0 aliphatic carbocycles. The fourth-order valence-corrected chi connectivity index (χ4v) is 1.24. The molecule has 0 amide bonds. The Morgan fingerprint density at radius 1 is 1.20 bits per heavy atom. The van der Waals surface area contributed by atoms with Crippen molar-refractivity contribution in [3.05, 3.63) is 12.2 Å². The molecule has 0 aliphatic rings. The van der Waals surface area contributed by atoms with E-state index >= 15 is 0 Å². The molecule has 1 atom stereocenters. The van der Waals surface area contributed by atoms with Gasteiger partial charge < -0.3 is 10.2 Å². The van der Waals surface area contributed by atoms with Crippen molar-refractivity contribution in [2.24, 2.45) is 5.92 Å². The molecular weight excluding hydrogens is 196 g/mol. The standard InChI is InChI=1S/C11H18O4/c1-2-9(11(14)15)7-5-3-4-6-8-10(12)13/h3-4,9H,2,5-8H2,1H3,(H,12,13)(H,14,15). The van der Waals surface area contributed by atoms with Crippen LogP contribution in [0.15, 0.2) is 12.2 Å². The first-order valence-corrected chi connectivity index (χ1v) is 5.17. The summed E-state index contributed by atoms with van der Waals surface area (Å²) in [6.45, 7) is 1.85. The molecule has 0 aromatic carbocycles. The Morgan fingerprint density at radius 2 is 1.80 bits per heavy atom. The predicted molar refractivity (Wildman–Crippen MR) is 56.7 cm³/mol. The average Bonchev–Trinajstić information content (AvgIpc) is 2.15. The molecule has 0 spiro atoms. The second-order valence-electron chi connectivity index (χ2n) is 3.42. The number of aliphatic carboxylic acids is 2. The first kappa shape index (κ1) is 13.7. The van der Waals surface area contributed by atoms with Crippen LogP contribution in [0.5, 0.6) is 0 Å². The van der Waals surface area contributed by atoms with E-state index in [-0.39, 0.29) is 12.3 Å². The molecule has 1 unspecified atom stereocenters. The zero-order chi connectivity index (χ0) is 11.7. The molecule has 4 nitrogen and oxygen atoms in total. The summed E-state index contributed by atoms with van der Waals surface area (Å²) in [5.74, 6) is -1.85. The first-order valence-electron chi connectivity index (χ1n) is 5.17. The smallest absolute Gasteiger partial charge is 0.306 e. The Bertz CT molecular complexity index is 233. The molecule has 0 aromatic rings. The van der Waals surface area contributed by atoms with E-state index in [9.17, 15) is 9.59 Å². The predicted octanol–water partition coefficient (Wildman–Crippen LogP) is 2.30. The Labute approximate surface area is 89.6 Å². The zero-order valence-electron chi connectivity index (χ0n) is 8.98. The van der Waals surface area contributed by atoms with Gasteiger partial charge >= 0.3 is 11.9 Å². The molecular formula is C11H18O4. The Balaban J connectivity index is 3.59. The van der Waals surface area contributed by atoms with Crippen LogP contribution in [-0.4, -0.2) is 22.2 Å². The zero-order valence-corrected chi connectivity index (χ0v) is 8.98. The molecule has 0 saturated carbocycles. The van der Waals surface area contributed by atoms with Crippen LogP contribution in [0.25, 0.3) is 0 Å². The highest BCUT2D eigenvalue weighted by molar-refractivity contribution is 5.69. The van der Waals surface area contributed by atoms with E-state index in [1.165, 1.54) is 0 Å². The lowest BCUT2D eigenvalue weighted by atomic mass is 10.0. The number of hydrogen-bond donors (Lipinski definition) is 2. The molecule has 15 heavy (non-hydrogen) atoms. The molecule has 0 bridgehead atoms. The highest BCUT2D eigenvalue weighted by Crippen LogP contribution is 2.11. The van der Waals surface area contributed by atoms with Gasteiger partial charge in [-0.3, -0.25) is 9.59 Å². The van der Waals surface area contributed by atoms with Crippen LogP contribution >= 0.6 is 0 Å². The number of hydrogen-bond acceptors (Lipinski definition) is 2. The molecule has 0 rings (SSSR count). The summed E-state index contributed by atoms with van der Waals surface area (Å²) in [5.41, 5.74) is 0. The van der Waals surface area contributed by atoms with Crippen molar-refractivity contribution in [1.29, 1.82) is 0 Å². The van der Waals surface area contributed by atoms with E-state index in [0.29, 0.717) is 25.7 Å². The minimum Gasteiger partial charge on any atom is -0.481 e. The maximum atomic E-state index is 10.6. The highest BCUT2D eigenvalue weighted by Gasteiger charge is 2.12. The van der Waals surface area contributed by atoms with Gasteiger partial charge in [0, 0.05) is 6.42 Å². The van der Waals surface area contributed by atoms with Crippen LogP contribution in [0, 0.1) is 5.92 Å². The Kier molecular flexibility index (Phi) is 7.32. The summed E-state index contributed by atoms with van der Waals surface area (Å²) in [4.78, 5) is 20.8. The van der Waals surface area contributed by atoms with Crippen LogP contribution in [0.1, 0.15) is 39.0 Å². The monoisotopic (exact) mass is 214 g/mol. The number of carboxylic acids is 2. The molecule has 0 heterocycles. The average molecular weight is 214 g/mol. The van der Waals surface area contributed by atoms with Crippen molar-refractivity contribution >= 4 is 11.9 Å². The van der Waals surface area contributed by atoms with Crippen LogP contribution < -0.4 is 0 Å². The third-order valence-corrected chi connectivity index (χ3v) is 2.22. The van der Waals surface area contributed by atoms with Gasteiger partial charge in [0.25, 0.3) is 0 Å². The lowest BCUT2D eigenvalue weighted by Crippen LogP contribution is -2.11. The second kappa shape index (κ2) is 8.03. The first-order chi connectivity index (χ1) is 7.07. The van der Waals surface area contributed by atoms with E-state index in [1.54, 1.807) is 6.08 Å². The van der Waals surface area contributed by atoms with Crippen molar-refractivity contribution in [2.45, 2.75) is 39.0 Å². The van der Waals surface area contributed by atoms with Crippen LogP contribution in [0.3, 0.4) is 0 Å². The van der Waals surface area contributed by atoms with Gasteiger partial charge in [-0.1, -0.05) is 19.1 Å². The van der Waals surface area contributed by atoms with Gasteiger partial charge in [0.05, 0.1) is 5.92 Å². The summed E-state index contributed by atoms with van der Waals surface area (Å²) in [5, 5.41) is 17.1. The lowest BCUT2D eigenvalue weighted by molar-refractivity contribution is -0.142. The SMILES string of the molecule is CCC(CCC=CCCC(=O)O)C(=O)O. The maximum Gasteiger partial charge on any atom is 0.306 e. The number of carboxylic acid groups (broad SMARTS) is 2. The van der Waals surface area contributed by atoms with Gasteiger partial charge in [-0.05, 0) is 25.7 Å². The number of carbonyl (C=O) groups is 2. The number of allylic oxidation sites excluding steroid dienone is 2. The van der Waals surface area contributed by atoms with Crippen molar-refractivity contribution in [1.82, 2.24) is 0 Å². The van der Waals surface area contributed by atoms with E-state index in [0.717, 1.165) is 0 Å². The Hall–Kier alpha value is -1.32. The van der Waals surface area contributed by atoms with Gasteiger partial charge in [-0.15, -0.1) is 0 Å². The van der Waals surface area contributed by atoms with E-state index in [4.69, 9.17) is 10.2 Å². The summed E-state index contributed by atoms with van der Waals surface area (Å²) in [6.07, 6.45) is 6.25. The van der Waals surface area contributed by atoms with E-state index < -0.39 is 11.9 Å². The van der Waals surface area contributed by atoms with Crippen molar-refractivity contribution in [3.8, 4) is 0 Å². The highest BCUT2D eigenvalue weighted by atomic mass is 16.4. The minimum absolute atomic E-state index is 0.132. The topological polar surface area (TPSA) is 74.6 Å². The normalized spacial score (nSPS) is 12.9. The maximum absolute atomic E-state index is 10.6. The molecule has 0 aromatic heterocycles. The van der Waals surface area contributed by atoms with Crippen LogP contribution in [-0.2, 0) is 9.59 Å². The molecule has 4 heteroatoms. The summed E-state index contributed by atoms with van der Waals surface area (Å²) < 4.78 is 0. The van der Waals surface area contributed by atoms with Crippen LogP contribution in [0.4, 0.5) is 0 Å². The quantitative estimate of drug-likeness (QED) is 0.608. The summed E-state index contributed by atoms with van der Waals surface area (Å²) in [7, 11) is 0. The van der Waals surface area contributed by atoms with E-state index in [2.05, 4.69) is 0 Å². The lowest BCUT2D eigenvalue weighted by Gasteiger charge is -2.06. The van der Waals surface area contributed by atoms with Crippen LogP contribution in [0.2, 0.25) is 0 Å². The number of rotatable bonds is 8. The molecule has 86 valence electrons. The third-order valence-electron chi connectivity index (χ3n) is 2.22. The van der Waals surface area contributed by atoms with Gasteiger partial charge in [-0.25, -0.2) is 0 Å². The minimum atomic E-state index is -0.809. The fourth-order valence-electron chi connectivity index (χ4n) is 1.24.